The molecule has 0 aliphatic heterocycles. The van der Waals surface area contributed by atoms with Gasteiger partial charge in [-0.15, -0.1) is 0 Å². The van der Waals surface area contributed by atoms with Crippen LogP contribution in [0.2, 0.25) is 5.02 Å². The van der Waals surface area contributed by atoms with Crippen LogP contribution >= 0.6 is 11.6 Å². The number of carbonyl (C=O) groups excluding carboxylic acids is 1. The lowest BCUT2D eigenvalue weighted by atomic mass is 10.1. The van der Waals surface area contributed by atoms with Gasteiger partial charge >= 0.3 is 0 Å². The van der Waals surface area contributed by atoms with Crippen molar-refractivity contribution in [2.24, 2.45) is 0 Å². The van der Waals surface area contributed by atoms with Crippen LogP contribution in [0.5, 0.6) is 11.5 Å². The molecule has 0 atom stereocenters. The van der Waals surface area contributed by atoms with E-state index in [0.717, 1.165) is 5.56 Å². The minimum absolute atomic E-state index is 0.112. The van der Waals surface area contributed by atoms with E-state index in [1.165, 1.54) is 0 Å². The number of anilines is 1. The van der Waals surface area contributed by atoms with E-state index >= 15 is 0 Å². The molecule has 0 saturated heterocycles. The molecule has 0 aliphatic carbocycles. The van der Waals surface area contributed by atoms with Crippen molar-refractivity contribution in [3.63, 3.8) is 0 Å². The van der Waals surface area contributed by atoms with Crippen LogP contribution in [0.3, 0.4) is 0 Å². The van der Waals surface area contributed by atoms with Crippen LogP contribution in [0.4, 0.5) is 5.69 Å². The number of carbonyl (C=O) groups is 1. The van der Waals surface area contributed by atoms with Crippen LogP contribution in [0.25, 0.3) is 0 Å². The van der Waals surface area contributed by atoms with Gasteiger partial charge in [0.2, 0.25) is 5.91 Å². The second-order valence-electron chi connectivity index (χ2n) is 4.88. The molecular weight excluding hydrogens is 314 g/mol. The maximum absolute atomic E-state index is 12.1. The van der Waals surface area contributed by atoms with E-state index in [9.17, 15) is 4.79 Å². The molecule has 0 unspecified atom stereocenters. The number of hydrogen-bond donors (Lipinski definition) is 1. The molecule has 0 fully saturated rings. The van der Waals surface area contributed by atoms with Gasteiger partial charge in [-0.05, 0) is 49.7 Å². The molecule has 0 aliphatic rings. The van der Waals surface area contributed by atoms with Crippen molar-refractivity contribution >= 4 is 23.2 Å². The van der Waals surface area contributed by atoms with E-state index < -0.39 is 0 Å². The van der Waals surface area contributed by atoms with Crippen LogP contribution in [0.1, 0.15) is 19.4 Å². The van der Waals surface area contributed by atoms with Crippen molar-refractivity contribution < 1.29 is 14.3 Å². The van der Waals surface area contributed by atoms with Crippen molar-refractivity contribution in [3.05, 3.63) is 53.1 Å². The molecule has 2 aromatic carbocycles. The van der Waals surface area contributed by atoms with Crippen molar-refractivity contribution in [3.8, 4) is 11.5 Å². The zero-order chi connectivity index (χ0) is 16.7. The Bertz CT molecular complexity index is 673. The van der Waals surface area contributed by atoms with Gasteiger partial charge in [0.25, 0.3) is 0 Å². The molecule has 4 nitrogen and oxygen atoms in total. The fourth-order valence-electron chi connectivity index (χ4n) is 2.16. The predicted molar refractivity (Wildman–Crippen MR) is 92.6 cm³/mol. The molecule has 23 heavy (non-hydrogen) atoms. The molecule has 1 N–H and O–H groups in total. The van der Waals surface area contributed by atoms with Gasteiger partial charge in [0.15, 0.2) is 11.5 Å². The van der Waals surface area contributed by atoms with Crippen molar-refractivity contribution in [2.45, 2.75) is 20.3 Å². The number of amides is 1. The second kappa shape index (κ2) is 8.44. The monoisotopic (exact) mass is 333 g/mol. The van der Waals surface area contributed by atoms with Gasteiger partial charge in [0.1, 0.15) is 0 Å². The maximum Gasteiger partial charge on any atom is 0.228 e. The van der Waals surface area contributed by atoms with Gasteiger partial charge in [-0.1, -0.05) is 23.7 Å². The Labute approximate surface area is 141 Å². The molecule has 0 aromatic heterocycles. The molecule has 122 valence electrons. The highest BCUT2D eigenvalue weighted by atomic mass is 35.5. The third-order valence-corrected chi connectivity index (χ3v) is 3.32. The summed E-state index contributed by atoms with van der Waals surface area (Å²) in [5.74, 6) is 1.23. The lowest BCUT2D eigenvalue weighted by Gasteiger charge is -2.12. The molecule has 0 saturated carbocycles. The van der Waals surface area contributed by atoms with Crippen LogP contribution in [-0.2, 0) is 11.2 Å². The normalized spacial score (nSPS) is 10.2. The summed E-state index contributed by atoms with van der Waals surface area (Å²) in [4.78, 5) is 12.1. The first-order chi connectivity index (χ1) is 11.1. The van der Waals surface area contributed by atoms with Gasteiger partial charge in [0, 0.05) is 10.7 Å². The summed E-state index contributed by atoms with van der Waals surface area (Å²) in [6.45, 7) is 4.93. The Hall–Kier alpha value is -2.20. The second-order valence-corrected chi connectivity index (χ2v) is 5.32. The highest BCUT2D eigenvalue weighted by Crippen LogP contribution is 2.28. The third-order valence-electron chi connectivity index (χ3n) is 3.08. The molecule has 5 heteroatoms. The Kier molecular flexibility index (Phi) is 6.29. The minimum Gasteiger partial charge on any atom is -0.490 e. The fraction of sp³-hybridized carbons (Fsp3) is 0.278. The number of ether oxygens (including phenoxy) is 2. The third kappa shape index (κ3) is 5.18. The van der Waals surface area contributed by atoms with Crippen LogP contribution in [-0.4, -0.2) is 19.1 Å². The Balaban J connectivity index is 2.06. The van der Waals surface area contributed by atoms with E-state index in [2.05, 4.69) is 5.32 Å². The van der Waals surface area contributed by atoms with Crippen LogP contribution < -0.4 is 14.8 Å². The van der Waals surface area contributed by atoms with E-state index in [-0.39, 0.29) is 12.3 Å². The van der Waals surface area contributed by atoms with Crippen LogP contribution in [0, 0.1) is 0 Å². The summed E-state index contributed by atoms with van der Waals surface area (Å²) >= 11 is 5.91. The Morgan fingerprint density at radius 3 is 2.48 bits per heavy atom. The number of halogens is 1. The van der Waals surface area contributed by atoms with E-state index in [4.69, 9.17) is 21.1 Å². The van der Waals surface area contributed by atoms with Gasteiger partial charge < -0.3 is 14.8 Å². The Morgan fingerprint density at radius 2 is 1.78 bits per heavy atom. The number of benzene rings is 2. The fourth-order valence-corrected chi connectivity index (χ4v) is 2.35. The standard InChI is InChI=1S/C18H20ClNO3/c1-3-22-16-9-8-13(10-17(16)23-4-2)11-18(21)20-15-7-5-6-14(19)12-15/h5-10,12H,3-4,11H2,1-2H3,(H,20,21). The average molecular weight is 334 g/mol. The topological polar surface area (TPSA) is 47.6 Å². The summed E-state index contributed by atoms with van der Waals surface area (Å²) in [5, 5.41) is 3.41. The lowest BCUT2D eigenvalue weighted by molar-refractivity contribution is -0.115. The molecule has 0 bridgehead atoms. The van der Waals surface area contributed by atoms with E-state index in [0.29, 0.717) is 35.4 Å². The number of hydrogen-bond acceptors (Lipinski definition) is 3. The summed E-state index contributed by atoms with van der Waals surface area (Å²) < 4.78 is 11.1. The molecule has 2 rings (SSSR count). The SMILES string of the molecule is CCOc1ccc(CC(=O)Nc2cccc(Cl)c2)cc1OCC. The van der Waals surface area contributed by atoms with E-state index in [1.54, 1.807) is 24.3 Å². The van der Waals surface area contributed by atoms with Crippen molar-refractivity contribution in [2.75, 3.05) is 18.5 Å². The Morgan fingerprint density at radius 1 is 1.04 bits per heavy atom. The highest BCUT2D eigenvalue weighted by molar-refractivity contribution is 6.30. The van der Waals surface area contributed by atoms with E-state index in [1.807, 2.05) is 32.0 Å². The zero-order valence-corrected chi connectivity index (χ0v) is 14.0. The molecule has 0 spiro atoms. The first kappa shape index (κ1) is 17.2. The smallest absolute Gasteiger partial charge is 0.228 e. The van der Waals surface area contributed by atoms with Gasteiger partial charge in [0.05, 0.1) is 19.6 Å². The first-order valence-electron chi connectivity index (χ1n) is 7.56. The van der Waals surface area contributed by atoms with Crippen molar-refractivity contribution in [1.82, 2.24) is 0 Å². The number of nitrogens with one attached hydrogen (secondary N) is 1. The maximum atomic E-state index is 12.1. The molecular formula is C18H20ClNO3. The quantitative estimate of drug-likeness (QED) is 0.821. The van der Waals surface area contributed by atoms with Crippen LogP contribution in [0.15, 0.2) is 42.5 Å². The average Bonchev–Trinajstić information content (AvgIpc) is 2.50. The minimum atomic E-state index is -0.112. The molecule has 1 amide bonds. The highest BCUT2D eigenvalue weighted by Gasteiger charge is 2.09. The molecule has 0 radical (unpaired) electrons. The largest absolute Gasteiger partial charge is 0.490 e. The summed E-state index contributed by atoms with van der Waals surface area (Å²) in [6, 6.07) is 12.6. The van der Waals surface area contributed by atoms with Gasteiger partial charge in [-0.25, -0.2) is 0 Å². The molecule has 0 heterocycles. The summed E-state index contributed by atoms with van der Waals surface area (Å²) in [7, 11) is 0. The number of rotatable bonds is 7. The first-order valence-corrected chi connectivity index (χ1v) is 7.94. The predicted octanol–water partition coefficient (Wildman–Crippen LogP) is 4.32. The van der Waals surface area contributed by atoms with Gasteiger partial charge in [-0.3, -0.25) is 4.79 Å². The zero-order valence-electron chi connectivity index (χ0n) is 13.3. The molecule has 2 aromatic rings. The van der Waals surface area contributed by atoms with Crippen molar-refractivity contribution in [1.29, 1.82) is 0 Å². The summed E-state index contributed by atoms with van der Waals surface area (Å²) in [6.07, 6.45) is 0.249. The lowest BCUT2D eigenvalue weighted by Crippen LogP contribution is -2.14. The summed E-state index contributed by atoms with van der Waals surface area (Å²) in [5.41, 5.74) is 1.54. The van der Waals surface area contributed by atoms with Gasteiger partial charge in [-0.2, -0.15) is 0 Å².